The largest absolute Gasteiger partial charge is 0.465 e. The Bertz CT molecular complexity index is 404. The molecule has 2 fully saturated rings. The van der Waals surface area contributed by atoms with Gasteiger partial charge in [0.15, 0.2) is 0 Å². The Balaban J connectivity index is 1.63. The average molecular weight is 315 g/mol. The summed E-state index contributed by atoms with van der Waals surface area (Å²) in [5.74, 6) is 0.303. The smallest absolute Gasteiger partial charge is 0.410 e. The minimum absolute atomic E-state index is 0.132. The number of carbonyl (C=O) groups is 2. The molecule has 1 spiro atoms. The first-order valence-electron chi connectivity index (χ1n) is 7.48. The number of rotatable bonds is 4. The molecule has 2 aliphatic rings. The first kappa shape index (κ1) is 16.5. The van der Waals surface area contributed by atoms with Crippen molar-refractivity contribution in [1.82, 2.24) is 4.90 Å². The highest BCUT2D eigenvalue weighted by molar-refractivity contribution is 8.00. The van der Waals surface area contributed by atoms with Crippen LogP contribution in [-0.2, 0) is 14.3 Å². The molecule has 0 radical (unpaired) electrons. The Morgan fingerprint density at radius 2 is 1.90 bits per heavy atom. The van der Waals surface area contributed by atoms with E-state index in [-0.39, 0.29) is 17.5 Å². The summed E-state index contributed by atoms with van der Waals surface area (Å²) in [7, 11) is 0. The number of ether oxygens (including phenoxy) is 2. The van der Waals surface area contributed by atoms with E-state index in [0.29, 0.717) is 17.6 Å². The lowest BCUT2D eigenvalue weighted by Crippen LogP contribution is -2.65. The van der Waals surface area contributed by atoms with Gasteiger partial charge in [0.2, 0.25) is 0 Å². The number of esters is 1. The van der Waals surface area contributed by atoms with E-state index in [2.05, 4.69) is 0 Å². The summed E-state index contributed by atoms with van der Waals surface area (Å²) in [6.07, 6.45) is 1.95. The van der Waals surface area contributed by atoms with E-state index in [4.69, 9.17) is 9.47 Å². The third kappa shape index (κ3) is 4.28. The monoisotopic (exact) mass is 315 g/mol. The molecule has 6 heteroatoms. The van der Waals surface area contributed by atoms with Gasteiger partial charge in [-0.1, -0.05) is 0 Å². The van der Waals surface area contributed by atoms with Crippen LogP contribution in [0, 0.1) is 5.41 Å². The van der Waals surface area contributed by atoms with Gasteiger partial charge in [-0.2, -0.15) is 0 Å². The Labute approximate surface area is 130 Å². The minimum Gasteiger partial charge on any atom is -0.465 e. The van der Waals surface area contributed by atoms with E-state index in [1.807, 2.05) is 27.7 Å². The molecular formula is C15H25NO4S. The molecule has 0 aromatic heterocycles. The Morgan fingerprint density at radius 1 is 1.29 bits per heavy atom. The topological polar surface area (TPSA) is 55.8 Å². The Hall–Kier alpha value is -0.910. The van der Waals surface area contributed by atoms with Crippen LogP contribution in [0.1, 0.15) is 40.5 Å². The van der Waals surface area contributed by atoms with Crippen molar-refractivity contribution in [3.63, 3.8) is 0 Å². The van der Waals surface area contributed by atoms with Crippen LogP contribution in [-0.4, -0.2) is 53.3 Å². The highest BCUT2D eigenvalue weighted by atomic mass is 32.2. The van der Waals surface area contributed by atoms with Gasteiger partial charge >= 0.3 is 12.1 Å². The van der Waals surface area contributed by atoms with Crippen molar-refractivity contribution in [2.75, 3.05) is 25.4 Å². The summed E-state index contributed by atoms with van der Waals surface area (Å²) >= 11 is 1.67. The van der Waals surface area contributed by atoms with Gasteiger partial charge in [-0.25, -0.2) is 4.79 Å². The van der Waals surface area contributed by atoms with Crippen LogP contribution in [0.15, 0.2) is 0 Å². The van der Waals surface area contributed by atoms with Gasteiger partial charge < -0.3 is 14.4 Å². The second kappa shape index (κ2) is 6.07. The third-order valence-corrected chi connectivity index (χ3v) is 4.97. The fourth-order valence-electron chi connectivity index (χ4n) is 2.89. The van der Waals surface area contributed by atoms with Crippen molar-refractivity contribution in [2.24, 2.45) is 5.41 Å². The van der Waals surface area contributed by atoms with Gasteiger partial charge in [0.1, 0.15) is 5.60 Å². The predicted molar refractivity (Wildman–Crippen MR) is 82.4 cm³/mol. The van der Waals surface area contributed by atoms with Crippen LogP contribution in [0.4, 0.5) is 4.79 Å². The quantitative estimate of drug-likeness (QED) is 0.747. The van der Waals surface area contributed by atoms with Gasteiger partial charge in [0, 0.05) is 23.8 Å². The highest BCUT2D eigenvalue weighted by Gasteiger charge is 2.54. The highest BCUT2D eigenvalue weighted by Crippen LogP contribution is 2.52. The van der Waals surface area contributed by atoms with Crippen LogP contribution in [0.25, 0.3) is 0 Å². The molecule has 1 aliphatic carbocycles. The molecule has 0 atom stereocenters. The molecule has 1 heterocycles. The van der Waals surface area contributed by atoms with Crippen molar-refractivity contribution < 1.29 is 19.1 Å². The maximum atomic E-state index is 11.9. The number of amides is 1. The third-order valence-electron chi connectivity index (χ3n) is 3.77. The van der Waals surface area contributed by atoms with Crippen molar-refractivity contribution in [3.05, 3.63) is 0 Å². The van der Waals surface area contributed by atoms with Gasteiger partial charge in [0.25, 0.3) is 0 Å². The van der Waals surface area contributed by atoms with E-state index in [0.717, 1.165) is 25.9 Å². The molecule has 0 N–H and O–H groups in total. The summed E-state index contributed by atoms with van der Waals surface area (Å²) in [4.78, 5) is 24.9. The van der Waals surface area contributed by atoms with Crippen molar-refractivity contribution in [2.45, 2.75) is 51.4 Å². The van der Waals surface area contributed by atoms with Crippen LogP contribution >= 0.6 is 11.8 Å². The standard InChI is InChI=1S/C15H25NO4S/c1-5-19-12(17)8-21-11-6-15(7-11)9-16(10-15)13(18)20-14(2,3)4/h11H,5-10H2,1-4H3. The van der Waals surface area contributed by atoms with Crippen molar-refractivity contribution in [3.8, 4) is 0 Å². The molecule has 2 rings (SSSR count). The zero-order valence-corrected chi connectivity index (χ0v) is 14.1. The fraction of sp³-hybridized carbons (Fsp3) is 0.867. The summed E-state index contributed by atoms with van der Waals surface area (Å²) in [5, 5.41) is 0.523. The number of likely N-dealkylation sites (tertiary alicyclic amines) is 1. The number of thioether (sulfide) groups is 1. The molecule has 120 valence electrons. The summed E-state index contributed by atoms with van der Waals surface area (Å²) in [6, 6.07) is 0. The maximum Gasteiger partial charge on any atom is 0.410 e. The molecule has 1 saturated heterocycles. The maximum absolute atomic E-state index is 11.9. The summed E-state index contributed by atoms with van der Waals surface area (Å²) in [5.41, 5.74) is -0.152. The van der Waals surface area contributed by atoms with Crippen LogP contribution in [0.3, 0.4) is 0 Å². The summed E-state index contributed by atoms with van der Waals surface area (Å²) < 4.78 is 10.3. The second-order valence-electron chi connectivity index (χ2n) is 6.98. The zero-order chi connectivity index (χ0) is 15.7. The SMILES string of the molecule is CCOC(=O)CSC1CC2(C1)CN(C(=O)OC(C)(C)C)C2. The Morgan fingerprint density at radius 3 is 2.43 bits per heavy atom. The first-order chi connectivity index (χ1) is 9.73. The zero-order valence-electron chi connectivity index (χ0n) is 13.3. The molecule has 0 aromatic rings. The van der Waals surface area contributed by atoms with Crippen LogP contribution < -0.4 is 0 Å². The molecule has 1 saturated carbocycles. The molecule has 0 unspecified atom stereocenters. The van der Waals surface area contributed by atoms with E-state index >= 15 is 0 Å². The lowest BCUT2D eigenvalue weighted by molar-refractivity contribution is -0.139. The van der Waals surface area contributed by atoms with E-state index < -0.39 is 5.60 Å². The second-order valence-corrected chi connectivity index (χ2v) is 8.27. The number of carbonyl (C=O) groups excluding carboxylic acids is 2. The predicted octanol–water partition coefficient (Wildman–Crippen LogP) is 2.68. The van der Waals surface area contributed by atoms with Gasteiger partial charge in [-0.3, -0.25) is 4.79 Å². The van der Waals surface area contributed by atoms with Crippen molar-refractivity contribution >= 4 is 23.8 Å². The normalized spacial score (nSPS) is 20.7. The number of nitrogens with zero attached hydrogens (tertiary/aromatic N) is 1. The van der Waals surface area contributed by atoms with Crippen LogP contribution in [0.2, 0.25) is 0 Å². The lowest BCUT2D eigenvalue weighted by atomic mass is 9.63. The van der Waals surface area contributed by atoms with E-state index in [9.17, 15) is 9.59 Å². The first-order valence-corrected chi connectivity index (χ1v) is 8.53. The fourth-order valence-corrected chi connectivity index (χ4v) is 4.29. The molecule has 1 aliphatic heterocycles. The molecule has 0 bridgehead atoms. The molecule has 21 heavy (non-hydrogen) atoms. The number of hydrogen-bond acceptors (Lipinski definition) is 5. The lowest BCUT2D eigenvalue weighted by Gasteiger charge is -2.58. The van der Waals surface area contributed by atoms with E-state index in [1.165, 1.54) is 0 Å². The molecular weight excluding hydrogens is 290 g/mol. The Kier molecular flexibility index (Phi) is 4.76. The van der Waals surface area contributed by atoms with Gasteiger partial charge in [0.05, 0.1) is 12.4 Å². The molecule has 5 nitrogen and oxygen atoms in total. The molecule has 0 aromatic carbocycles. The average Bonchev–Trinajstić information content (AvgIpc) is 2.22. The van der Waals surface area contributed by atoms with Gasteiger partial charge in [-0.15, -0.1) is 11.8 Å². The molecule has 1 amide bonds. The van der Waals surface area contributed by atoms with Crippen molar-refractivity contribution in [1.29, 1.82) is 0 Å². The van der Waals surface area contributed by atoms with Gasteiger partial charge in [-0.05, 0) is 40.5 Å². The summed E-state index contributed by atoms with van der Waals surface area (Å²) in [6.45, 7) is 9.49. The minimum atomic E-state index is -0.433. The van der Waals surface area contributed by atoms with Crippen LogP contribution in [0.5, 0.6) is 0 Å². The van der Waals surface area contributed by atoms with E-state index in [1.54, 1.807) is 16.7 Å². The number of hydrogen-bond donors (Lipinski definition) is 0.